The second kappa shape index (κ2) is 7.45. The van der Waals surface area contributed by atoms with Gasteiger partial charge < -0.3 is 15.6 Å². The fourth-order valence-electron chi connectivity index (χ4n) is 4.11. The summed E-state index contributed by atoms with van der Waals surface area (Å²) < 4.78 is 14.0. The monoisotopic (exact) mass is 413 g/mol. The average molecular weight is 413 g/mol. The number of anilines is 1. The number of nitrogens with zero attached hydrogens (tertiary/aromatic N) is 5. The lowest BCUT2D eigenvalue weighted by atomic mass is 9.99. The quantitative estimate of drug-likeness (QED) is 0.532. The van der Waals surface area contributed by atoms with E-state index in [0.717, 1.165) is 40.9 Å². The van der Waals surface area contributed by atoms with Crippen LogP contribution in [0.5, 0.6) is 0 Å². The number of fused-ring (bicyclic) bond motifs is 1. The van der Waals surface area contributed by atoms with E-state index >= 15 is 0 Å². The summed E-state index contributed by atoms with van der Waals surface area (Å²) >= 11 is 0. The molecule has 4 heterocycles. The number of imidazole rings is 1. The summed E-state index contributed by atoms with van der Waals surface area (Å²) in [5.74, 6) is 0.114. The van der Waals surface area contributed by atoms with Crippen LogP contribution in [0.15, 0.2) is 42.9 Å². The molecule has 1 atom stereocenters. The standard InChI is InChI=1S/C23H20FN7/c1-13-4-6-28-23-20(13)29-22(30-23)18-11-27-10-17(21(18)31-7-5-16(26)12-31)14-2-3-19(24)15(8-14)9-25/h2-4,6,8,10-11,16H,5,7,12,26H2,1H3,(H,28,29,30)/t16-/m0/s1. The van der Waals surface area contributed by atoms with Crippen molar-refractivity contribution in [1.29, 1.82) is 5.26 Å². The van der Waals surface area contributed by atoms with E-state index in [9.17, 15) is 9.65 Å². The van der Waals surface area contributed by atoms with Gasteiger partial charge in [0, 0.05) is 43.3 Å². The number of aromatic amines is 1. The number of nitrogens with one attached hydrogen (secondary N) is 1. The zero-order chi connectivity index (χ0) is 21.5. The molecule has 1 fully saturated rings. The lowest BCUT2D eigenvalue weighted by Gasteiger charge is -2.24. The van der Waals surface area contributed by atoms with Gasteiger partial charge in [0.25, 0.3) is 0 Å². The Kier molecular flexibility index (Phi) is 4.60. The van der Waals surface area contributed by atoms with Crippen molar-refractivity contribution >= 4 is 16.9 Å². The van der Waals surface area contributed by atoms with E-state index in [2.05, 4.69) is 19.9 Å². The Labute approximate surface area is 178 Å². The van der Waals surface area contributed by atoms with E-state index in [1.165, 1.54) is 6.07 Å². The first-order valence-corrected chi connectivity index (χ1v) is 10.1. The van der Waals surface area contributed by atoms with Gasteiger partial charge in [0.05, 0.1) is 22.3 Å². The molecule has 7 nitrogen and oxygen atoms in total. The van der Waals surface area contributed by atoms with Crippen LogP contribution in [0.3, 0.4) is 0 Å². The highest BCUT2D eigenvalue weighted by Crippen LogP contribution is 2.40. The molecule has 3 N–H and O–H groups in total. The van der Waals surface area contributed by atoms with Crippen LogP contribution in [0.25, 0.3) is 33.7 Å². The number of hydrogen-bond donors (Lipinski definition) is 2. The van der Waals surface area contributed by atoms with Gasteiger partial charge in [-0.2, -0.15) is 5.26 Å². The molecule has 4 aromatic rings. The first kappa shape index (κ1) is 19.2. The summed E-state index contributed by atoms with van der Waals surface area (Å²) in [5.41, 5.74) is 12.0. The van der Waals surface area contributed by atoms with Crippen LogP contribution < -0.4 is 10.6 Å². The number of aryl methyl sites for hydroxylation is 1. The Balaban J connectivity index is 1.74. The number of pyridine rings is 2. The molecule has 1 saturated heterocycles. The van der Waals surface area contributed by atoms with Gasteiger partial charge in [-0.1, -0.05) is 6.07 Å². The van der Waals surface area contributed by atoms with E-state index in [1.807, 2.05) is 19.1 Å². The number of H-pyrrole nitrogens is 1. The first-order chi connectivity index (χ1) is 15.0. The highest BCUT2D eigenvalue weighted by Gasteiger charge is 2.26. The number of benzene rings is 1. The topological polar surface area (TPSA) is 108 Å². The van der Waals surface area contributed by atoms with Crippen LogP contribution in [-0.4, -0.2) is 39.1 Å². The van der Waals surface area contributed by atoms with Gasteiger partial charge in [-0.25, -0.2) is 14.4 Å². The summed E-state index contributed by atoms with van der Waals surface area (Å²) in [5, 5.41) is 9.29. The molecule has 1 aliphatic heterocycles. The Morgan fingerprint density at radius 1 is 1.26 bits per heavy atom. The molecule has 0 spiro atoms. The third kappa shape index (κ3) is 3.29. The van der Waals surface area contributed by atoms with Gasteiger partial charge in [0.2, 0.25) is 0 Å². The number of aromatic nitrogens is 4. The Morgan fingerprint density at radius 2 is 2.10 bits per heavy atom. The van der Waals surface area contributed by atoms with Gasteiger partial charge in [-0.15, -0.1) is 0 Å². The molecule has 5 rings (SSSR count). The maximum absolute atomic E-state index is 14.0. The smallest absolute Gasteiger partial charge is 0.178 e. The third-order valence-corrected chi connectivity index (χ3v) is 5.71. The van der Waals surface area contributed by atoms with Crippen LogP contribution in [0, 0.1) is 24.1 Å². The normalized spacial score (nSPS) is 16.1. The SMILES string of the molecule is Cc1ccnc2nc(-c3cncc(-c4ccc(F)c(C#N)c4)c3N3CC[C@H](N)C3)[nH]c12. The van der Waals surface area contributed by atoms with Gasteiger partial charge >= 0.3 is 0 Å². The minimum absolute atomic E-state index is 0.00413. The molecule has 0 radical (unpaired) electrons. The molecule has 31 heavy (non-hydrogen) atoms. The molecule has 8 heteroatoms. The van der Waals surface area contributed by atoms with Crippen molar-refractivity contribution in [3.8, 4) is 28.6 Å². The lowest BCUT2D eigenvalue weighted by molar-refractivity contribution is 0.624. The van der Waals surface area contributed by atoms with Crippen molar-refractivity contribution in [2.24, 2.45) is 5.73 Å². The van der Waals surface area contributed by atoms with Gasteiger partial charge in [0.15, 0.2) is 5.65 Å². The van der Waals surface area contributed by atoms with Crippen molar-refractivity contribution in [1.82, 2.24) is 19.9 Å². The Bertz CT molecular complexity index is 1340. The zero-order valence-electron chi connectivity index (χ0n) is 16.9. The Hall–Kier alpha value is -3.83. The number of hydrogen-bond acceptors (Lipinski definition) is 6. The highest BCUT2D eigenvalue weighted by molar-refractivity contribution is 5.91. The second-order valence-electron chi connectivity index (χ2n) is 7.80. The number of halogens is 1. The van der Waals surface area contributed by atoms with E-state index in [4.69, 9.17) is 10.7 Å². The predicted octanol–water partition coefficient (Wildman–Crippen LogP) is 3.54. The summed E-state index contributed by atoms with van der Waals surface area (Å²) in [7, 11) is 0. The Morgan fingerprint density at radius 3 is 2.84 bits per heavy atom. The number of nitriles is 1. The lowest BCUT2D eigenvalue weighted by Crippen LogP contribution is -2.27. The maximum atomic E-state index is 14.0. The summed E-state index contributed by atoms with van der Waals surface area (Å²) in [6.45, 7) is 3.48. The van der Waals surface area contributed by atoms with Crippen molar-refractivity contribution < 1.29 is 4.39 Å². The molecule has 0 aliphatic carbocycles. The highest BCUT2D eigenvalue weighted by atomic mass is 19.1. The van der Waals surface area contributed by atoms with E-state index in [0.29, 0.717) is 23.6 Å². The predicted molar refractivity (Wildman–Crippen MR) is 117 cm³/mol. The molecule has 154 valence electrons. The molecule has 0 unspecified atom stereocenters. The van der Waals surface area contributed by atoms with Crippen molar-refractivity contribution in [2.45, 2.75) is 19.4 Å². The van der Waals surface area contributed by atoms with E-state index < -0.39 is 5.82 Å². The van der Waals surface area contributed by atoms with Crippen molar-refractivity contribution in [2.75, 3.05) is 18.0 Å². The van der Waals surface area contributed by atoms with Crippen molar-refractivity contribution in [3.05, 3.63) is 59.8 Å². The average Bonchev–Trinajstić information content (AvgIpc) is 3.40. The van der Waals surface area contributed by atoms with Crippen molar-refractivity contribution in [3.63, 3.8) is 0 Å². The molecule has 0 amide bonds. The molecule has 1 aromatic carbocycles. The third-order valence-electron chi connectivity index (χ3n) is 5.71. The molecule has 1 aliphatic rings. The molecular formula is C23H20FN7. The number of nitrogens with two attached hydrogens (primary N) is 1. The zero-order valence-corrected chi connectivity index (χ0v) is 16.9. The van der Waals surface area contributed by atoms with Gasteiger partial charge in [-0.05, 0) is 42.7 Å². The summed E-state index contributed by atoms with van der Waals surface area (Å²) in [6.07, 6.45) is 6.11. The van der Waals surface area contributed by atoms with Gasteiger partial charge in [0.1, 0.15) is 17.7 Å². The molecule has 0 saturated carbocycles. The van der Waals surface area contributed by atoms with Crippen LogP contribution in [0.4, 0.5) is 10.1 Å². The van der Waals surface area contributed by atoms with E-state index in [-0.39, 0.29) is 11.6 Å². The minimum Gasteiger partial charge on any atom is -0.369 e. The molecular weight excluding hydrogens is 393 g/mol. The van der Waals surface area contributed by atoms with E-state index in [1.54, 1.807) is 30.7 Å². The fraction of sp³-hybridized carbons (Fsp3) is 0.217. The van der Waals surface area contributed by atoms with Crippen LogP contribution in [0.1, 0.15) is 17.5 Å². The maximum Gasteiger partial charge on any atom is 0.178 e. The molecule has 0 bridgehead atoms. The second-order valence-corrected chi connectivity index (χ2v) is 7.80. The first-order valence-electron chi connectivity index (χ1n) is 10.1. The minimum atomic E-state index is -0.543. The fourth-order valence-corrected chi connectivity index (χ4v) is 4.11. The summed E-state index contributed by atoms with van der Waals surface area (Å²) in [6, 6.07) is 8.45. The van der Waals surface area contributed by atoms with Crippen LogP contribution >= 0.6 is 0 Å². The largest absolute Gasteiger partial charge is 0.369 e. The van der Waals surface area contributed by atoms with Crippen LogP contribution in [0.2, 0.25) is 0 Å². The number of rotatable bonds is 3. The van der Waals surface area contributed by atoms with Crippen LogP contribution in [-0.2, 0) is 0 Å². The molecule has 3 aromatic heterocycles. The van der Waals surface area contributed by atoms with Gasteiger partial charge in [-0.3, -0.25) is 4.98 Å². The summed E-state index contributed by atoms with van der Waals surface area (Å²) in [4.78, 5) is 19.1.